The lowest BCUT2D eigenvalue weighted by atomic mass is 9.83. The first-order valence-electron chi connectivity index (χ1n) is 10.1. The number of halogens is 1. The molecule has 0 aliphatic carbocycles. The van der Waals surface area contributed by atoms with Crippen LogP contribution >= 0.6 is 0 Å². The van der Waals surface area contributed by atoms with Crippen LogP contribution in [0.15, 0.2) is 42.5 Å². The van der Waals surface area contributed by atoms with Gasteiger partial charge < -0.3 is 20.5 Å². The Morgan fingerprint density at radius 1 is 1.21 bits per heavy atom. The van der Waals surface area contributed by atoms with E-state index in [9.17, 15) is 14.3 Å². The average Bonchev–Trinajstić information content (AvgIpc) is 3.02. The number of hydrogen-bond acceptors (Lipinski definition) is 4. The van der Waals surface area contributed by atoms with Crippen molar-refractivity contribution in [2.75, 3.05) is 19.6 Å². The van der Waals surface area contributed by atoms with Gasteiger partial charge in [-0.05, 0) is 53.6 Å². The smallest absolute Gasteiger partial charge is 0.221 e. The zero-order valence-corrected chi connectivity index (χ0v) is 16.4. The molecule has 3 N–H and O–H groups in total. The largest absolute Gasteiger partial charge is 0.391 e. The fourth-order valence-electron chi connectivity index (χ4n) is 4.66. The molecule has 2 aliphatic heterocycles. The summed E-state index contributed by atoms with van der Waals surface area (Å²) in [4.78, 5) is 13.5. The average molecular weight is 398 g/mol. The summed E-state index contributed by atoms with van der Waals surface area (Å²) in [6.45, 7) is 2.66. The summed E-state index contributed by atoms with van der Waals surface area (Å²) in [5.74, 6) is -0.591. The number of primary amides is 1. The van der Waals surface area contributed by atoms with E-state index in [0.29, 0.717) is 19.6 Å². The number of aliphatic hydroxyl groups is 1. The van der Waals surface area contributed by atoms with E-state index >= 15 is 0 Å². The second-order valence-electron chi connectivity index (χ2n) is 8.15. The number of aliphatic hydroxyl groups excluding tert-OH is 1. The molecule has 0 bridgehead atoms. The Bertz CT molecular complexity index is 893. The maximum atomic E-state index is 13.5. The lowest BCUT2D eigenvalue weighted by Gasteiger charge is -2.40. The van der Waals surface area contributed by atoms with Crippen molar-refractivity contribution in [3.05, 3.63) is 70.5 Å². The Hall–Kier alpha value is -2.28. The molecule has 29 heavy (non-hydrogen) atoms. The quantitative estimate of drug-likeness (QED) is 0.783. The predicted molar refractivity (Wildman–Crippen MR) is 108 cm³/mol. The van der Waals surface area contributed by atoms with Crippen LogP contribution in [0.5, 0.6) is 0 Å². The molecule has 0 radical (unpaired) electrons. The van der Waals surface area contributed by atoms with E-state index in [0.717, 1.165) is 48.2 Å². The Morgan fingerprint density at radius 2 is 1.93 bits per heavy atom. The van der Waals surface area contributed by atoms with Gasteiger partial charge in [0.25, 0.3) is 0 Å². The minimum atomic E-state index is -0.524. The SMILES string of the molecule is NC(=O)Cc1ccccc1C[C@H](O)CN1CCC2(CC1)OCc1cc(F)ccc12. The van der Waals surface area contributed by atoms with Crippen LogP contribution < -0.4 is 5.73 Å². The Morgan fingerprint density at radius 3 is 2.66 bits per heavy atom. The predicted octanol–water partition coefficient (Wildman–Crippen LogP) is 2.28. The van der Waals surface area contributed by atoms with Gasteiger partial charge in [0.2, 0.25) is 5.91 Å². The monoisotopic (exact) mass is 398 g/mol. The van der Waals surface area contributed by atoms with Crippen LogP contribution in [0.2, 0.25) is 0 Å². The van der Waals surface area contributed by atoms with Gasteiger partial charge in [0.15, 0.2) is 0 Å². The molecule has 2 heterocycles. The number of rotatable bonds is 6. The number of carbonyl (C=O) groups is 1. The van der Waals surface area contributed by atoms with E-state index in [2.05, 4.69) is 4.90 Å². The summed E-state index contributed by atoms with van der Waals surface area (Å²) >= 11 is 0. The highest BCUT2D eigenvalue weighted by molar-refractivity contribution is 5.77. The van der Waals surface area contributed by atoms with Crippen LogP contribution in [0.4, 0.5) is 4.39 Å². The molecule has 0 unspecified atom stereocenters. The van der Waals surface area contributed by atoms with Crippen molar-refractivity contribution in [2.24, 2.45) is 5.73 Å². The number of nitrogens with zero attached hydrogens (tertiary/aromatic N) is 1. The highest BCUT2D eigenvalue weighted by Crippen LogP contribution is 2.44. The number of likely N-dealkylation sites (tertiary alicyclic amines) is 1. The van der Waals surface area contributed by atoms with Gasteiger partial charge in [-0.2, -0.15) is 0 Å². The molecular formula is C23H27FN2O3. The highest BCUT2D eigenvalue weighted by atomic mass is 19.1. The number of hydrogen-bond donors (Lipinski definition) is 2. The third kappa shape index (κ3) is 4.34. The second-order valence-corrected chi connectivity index (χ2v) is 8.15. The zero-order chi connectivity index (χ0) is 20.4. The molecule has 1 spiro atoms. The van der Waals surface area contributed by atoms with Crippen molar-refractivity contribution in [1.82, 2.24) is 4.90 Å². The minimum Gasteiger partial charge on any atom is -0.391 e. The Kier molecular flexibility index (Phi) is 5.67. The fraction of sp³-hybridized carbons (Fsp3) is 0.435. The lowest BCUT2D eigenvalue weighted by molar-refractivity contribution is -0.117. The van der Waals surface area contributed by atoms with E-state index in [4.69, 9.17) is 10.5 Å². The van der Waals surface area contributed by atoms with E-state index in [1.807, 2.05) is 30.3 Å². The normalized spacial score (nSPS) is 19.2. The van der Waals surface area contributed by atoms with Gasteiger partial charge in [-0.1, -0.05) is 30.3 Å². The molecule has 2 aromatic carbocycles. The van der Waals surface area contributed by atoms with E-state index in [1.165, 1.54) is 6.07 Å². The zero-order valence-electron chi connectivity index (χ0n) is 16.4. The van der Waals surface area contributed by atoms with Crippen LogP contribution in [-0.2, 0) is 34.6 Å². The van der Waals surface area contributed by atoms with E-state index < -0.39 is 6.10 Å². The first-order valence-corrected chi connectivity index (χ1v) is 10.1. The van der Waals surface area contributed by atoms with Gasteiger partial charge in [0.1, 0.15) is 5.82 Å². The van der Waals surface area contributed by atoms with Crippen molar-refractivity contribution in [2.45, 2.75) is 44.0 Å². The molecule has 154 valence electrons. The molecule has 2 aromatic rings. The van der Waals surface area contributed by atoms with Gasteiger partial charge in [-0.25, -0.2) is 4.39 Å². The number of piperidine rings is 1. The van der Waals surface area contributed by atoms with Gasteiger partial charge >= 0.3 is 0 Å². The molecule has 5 nitrogen and oxygen atoms in total. The van der Waals surface area contributed by atoms with Crippen LogP contribution in [0.3, 0.4) is 0 Å². The molecule has 1 fully saturated rings. The molecule has 6 heteroatoms. The van der Waals surface area contributed by atoms with Crippen LogP contribution in [0.1, 0.15) is 35.1 Å². The topological polar surface area (TPSA) is 75.8 Å². The Balaban J connectivity index is 1.35. The molecule has 1 atom stereocenters. The molecule has 1 amide bonds. The summed E-state index contributed by atoms with van der Waals surface area (Å²) in [5, 5.41) is 10.6. The van der Waals surface area contributed by atoms with Crippen molar-refractivity contribution < 1.29 is 19.0 Å². The summed E-state index contributed by atoms with van der Waals surface area (Å²) in [5.41, 5.74) is 8.90. The standard InChI is InChI=1S/C23H27FN2O3/c24-19-5-6-21-18(11-19)15-29-23(21)7-9-26(10-8-23)14-20(27)12-16-3-1-2-4-17(16)13-22(25)28/h1-6,11,20,27H,7-10,12-15H2,(H2,25,28)/t20-/m0/s1. The van der Waals surface area contributed by atoms with Gasteiger partial charge in [-0.3, -0.25) is 4.79 Å². The number of fused-ring (bicyclic) bond motifs is 2. The summed E-state index contributed by atoms with van der Waals surface area (Å²) in [6.07, 6.45) is 1.81. The lowest BCUT2D eigenvalue weighted by Crippen LogP contribution is -2.45. The third-order valence-electron chi connectivity index (χ3n) is 6.13. The summed E-state index contributed by atoms with van der Waals surface area (Å²) in [6, 6.07) is 12.6. The molecule has 2 aliphatic rings. The summed E-state index contributed by atoms with van der Waals surface area (Å²) in [7, 11) is 0. The highest BCUT2D eigenvalue weighted by Gasteiger charge is 2.42. The van der Waals surface area contributed by atoms with Crippen molar-refractivity contribution >= 4 is 5.91 Å². The van der Waals surface area contributed by atoms with Gasteiger partial charge in [0, 0.05) is 19.6 Å². The number of amides is 1. The van der Waals surface area contributed by atoms with Crippen LogP contribution in [-0.4, -0.2) is 41.7 Å². The number of carbonyl (C=O) groups excluding carboxylic acids is 1. The molecule has 4 rings (SSSR count). The molecule has 1 saturated heterocycles. The molecule has 0 aromatic heterocycles. The number of nitrogens with two attached hydrogens (primary N) is 1. The maximum Gasteiger partial charge on any atom is 0.221 e. The van der Waals surface area contributed by atoms with Crippen LogP contribution in [0, 0.1) is 5.82 Å². The fourth-order valence-corrected chi connectivity index (χ4v) is 4.66. The maximum absolute atomic E-state index is 13.5. The number of β-amino-alcohol motifs (C(OH)–C–C–N with tert-alkyl or cyclic N) is 1. The van der Waals surface area contributed by atoms with Crippen molar-refractivity contribution in [3.8, 4) is 0 Å². The second kappa shape index (κ2) is 8.22. The van der Waals surface area contributed by atoms with Crippen molar-refractivity contribution in [3.63, 3.8) is 0 Å². The number of ether oxygens (including phenoxy) is 1. The van der Waals surface area contributed by atoms with Crippen LogP contribution in [0.25, 0.3) is 0 Å². The first-order chi connectivity index (χ1) is 13.9. The Labute approximate surface area is 170 Å². The molecular weight excluding hydrogens is 371 g/mol. The van der Waals surface area contributed by atoms with Gasteiger partial charge in [-0.15, -0.1) is 0 Å². The van der Waals surface area contributed by atoms with Crippen molar-refractivity contribution in [1.29, 1.82) is 0 Å². The third-order valence-corrected chi connectivity index (χ3v) is 6.13. The summed E-state index contributed by atoms with van der Waals surface area (Å²) < 4.78 is 19.6. The number of benzene rings is 2. The molecule has 0 saturated carbocycles. The first kappa shape index (κ1) is 20.0. The minimum absolute atomic E-state index is 0.187. The van der Waals surface area contributed by atoms with Gasteiger partial charge in [0.05, 0.1) is 24.7 Å². The van der Waals surface area contributed by atoms with E-state index in [1.54, 1.807) is 6.07 Å². The van der Waals surface area contributed by atoms with E-state index in [-0.39, 0.29) is 23.7 Å².